The van der Waals surface area contributed by atoms with Crippen molar-refractivity contribution in [3.8, 4) is 0 Å². The van der Waals surface area contributed by atoms with E-state index < -0.39 is 17.7 Å². The van der Waals surface area contributed by atoms with Gasteiger partial charge in [0.2, 0.25) is 11.8 Å². The SMILES string of the molecule is CC(C(N)=O)N1CC(CC(C)(N)O)CC1=O. The van der Waals surface area contributed by atoms with Crippen LogP contribution in [-0.2, 0) is 9.59 Å². The summed E-state index contributed by atoms with van der Waals surface area (Å²) in [6.45, 7) is 3.52. The molecule has 0 spiro atoms. The molecule has 1 aliphatic rings. The highest BCUT2D eigenvalue weighted by Crippen LogP contribution is 2.25. The molecular formula is C10H19N3O3. The Balaban J connectivity index is 2.61. The van der Waals surface area contributed by atoms with E-state index >= 15 is 0 Å². The summed E-state index contributed by atoms with van der Waals surface area (Å²) in [5.74, 6) is -0.650. The van der Waals surface area contributed by atoms with Gasteiger partial charge in [-0.3, -0.25) is 9.59 Å². The third-order valence-electron chi connectivity index (χ3n) is 2.82. The van der Waals surface area contributed by atoms with Gasteiger partial charge in [-0.2, -0.15) is 0 Å². The molecule has 0 saturated carbocycles. The van der Waals surface area contributed by atoms with Gasteiger partial charge in [0, 0.05) is 13.0 Å². The summed E-state index contributed by atoms with van der Waals surface area (Å²) in [4.78, 5) is 24.0. The molecule has 1 saturated heterocycles. The van der Waals surface area contributed by atoms with Gasteiger partial charge in [-0.1, -0.05) is 0 Å². The number of hydrogen-bond acceptors (Lipinski definition) is 4. The lowest BCUT2D eigenvalue weighted by molar-refractivity contribution is -0.135. The molecule has 0 aromatic carbocycles. The maximum atomic E-state index is 11.6. The Kier molecular flexibility index (Phi) is 3.54. The normalized spacial score (nSPS) is 26.6. The molecule has 0 aromatic heterocycles. The summed E-state index contributed by atoms with van der Waals surface area (Å²) in [5, 5.41) is 9.45. The average Bonchev–Trinajstić information content (AvgIpc) is 2.41. The standard InChI is InChI=1S/C10H19N3O3/c1-6(9(11)15)13-5-7(3-8(13)14)4-10(2,12)16/h6-7,16H,3-5,12H2,1-2H3,(H2,11,15). The van der Waals surface area contributed by atoms with Crippen LogP contribution < -0.4 is 11.5 Å². The van der Waals surface area contributed by atoms with Crippen molar-refractivity contribution in [3.05, 3.63) is 0 Å². The van der Waals surface area contributed by atoms with Crippen molar-refractivity contribution < 1.29 is 14.7 Å². The first-order chi connectivity index (χ1) is 7.20. The quantitative estimate of drug-likeness (QED) is 0.524. The number of aliphatic hydroxyl groups is 1. The van der Waals surface area contributed by atoms with E-state index in [-0.39, 0.29) is 11.8 Å². The summed E-state index contributed by atoms with van der Waals surface area (Å²) in [5.41, 5.74) is 9.34. The second-order valence-corrected chi connectivity index (χ2v) is 4.76. The van der Waals surface area contributed by atoms with Gasteiger partial charge >= 0.3 is 0 Å². The van der Waals surface area contributed by atoms with Crippen LogP contribution in [0.2, 0.25) is 0 Å². The zero-order valence-electron chi connectivity index (χ0n) is 9.64. The molecule has 0 bridgehead atoms. The highest BCUT2D eigenvalue weighted by atomic mass is 16.3. The first-order valence-corrected chi connectivity index (χ1v) is 5.31. The number of likely N-dealkylation sites (tertiary alicyclic amines) is 1. The van der Waals surface area contributed by atoms with Crippen LogP contribution in [0.4, 0.5) is 0 Å². The Bertz CT molecular complexity index is 298. The Morgan fingerprint density at radius 3 is 2.75 bits per heavy atom. The molecule has 16 heavy (non-hydrogen) atoms. The van der Waals surface area contributed by atoms with Crippen molar-refractivity contribution in [2.75, 3.05) is 6.54 Å². The predicted octanol–water partition coefficient (Wildman–Crippen LogP) is -1.23. The van der Waals surface area contributed by atoms with Gasteiger partial charge in [0.05, 0.1) is 0 Å². The first kappa shape index (κ1) is 12.9. The van der Waals surface area contributed by atoms with Crippen molar-refractivity contribution in [3.63, 3.8) is 0 Å². The number of carbonyl (C=O) groups is 2. The van der Waals surface area contributed by atoms with Gasteiger partial charge in [-0.25, -0.2) is 0 Å². The van der Waals surface area contributed by atoms with E-state index in [4.69, 9.17) is 11.5 Å². The van der Waals surface area contributed by atoms with Crippen LogP contribution in [0.5, 0.6) is 0 Å². The van der Waals surface area contributed by atoms with E-state index in [1.165, 1.54) is 11.8 Å². The molecule has 3 unspecified atom stereocenters. The third-order valence-corrected chi connectivity index (χ3v) is 2.82. The van der Waals surface area contributed by atoms with Crippen LogP contribution >= 0.6 is 0 Å². The van der Waals surface area contributed by atoms with Gasteiger partial charge in [-0.05, 0) is 26.2 Å². The minimum absolute atomic E-state index is 0.0192. The minimum atomic E-state index is -1.28. The van der Waals surface area contributed by atoms with Crippen LogP contribution in [-0.4, -0.2) is 40.1 Å². The van der Waals surface area contributed by atoms with Gasteiger partial charge in [0.15, 0.2) is 0 Å². The second kappa shape index (κ2) is 4.39. The number of primary amides is 1. The Morgan fingerprint density at radius 1 is 1.75 bits per heavy atom. The Labute approximate surface area is 94.6 Å². The second-order valence-electron chi connectivity index (χ2n) is 4.76. The van der Waals surface area contributed by atoms with Gasteiger partial charge in [-0.15, -0.1) is 0 Å². The fourth-order valence-corrected chi connectivity index (χ4v) is 2.06. The molecule has 1 rings (SSSR count). The number of carbonyl (C=O) groups excluding carboxylic acids is 2. The molecule has 3 atom stereocenters. The van der Waals surface area contributed by atoms with E-state index in [0.717, 1.165) is 0 Å². The molecule has 1 fully saturated rings. The fraction of sp³-hybridized carbons (Fsp3) is 0.800. The van der Waals surface area contributed by atoms with Crippen LogP contribution in [0.3, 0.4) is 0 Å². The largest absolute Gasteiger partial charge is 0.376 e. The summed E-state index contributed by atoms with van der Waals surface area (Å²) >= 11 is 0. The van der Waals surface area contributed by atoms with Crippen LogP contribution in [0.25, 0.3) is 0 Å². The Morgan fingerprint density at radius 2 is 2.31 bits per heavy atom. The third kappa shape index (κ3) is 3.18. The molecule has 0 radical (unpaired) electrons. The van der Waals surface area contributed by atoms with E-state index in [1.807, 2.05) is 0 Å². The maximum Gasteiger partial charge on any atom is 0.239 e. The molecule has 0 aromatic rings. The van der Waals surface area contributed by atoms with E-state index in [1.54, 1.807) is 6.92 Å². The lowest BCUT2D eigenvalue weighted by atomic mass is 9.98. The molecule has 92 valence electrons. The number of hydrogen-bond donors (Lipinski definition) is 3. The maximum absolute atomic E-state index is 11.6. The number of amides is 2. The van der Waals surface area contributed by atoms with Gasteiger partial charge in [0.25, 0.3) is 0 Å². The molecule has 0 aliphatic carbocycles. The molecule has 6 nitrogen and oxygen atoms in total. The fourth-order valence-electron chi connectivity index (χ4n) is 2.06. The summed E-state index contributed by atoms with van der Waals surface area (Å²) in [6, 6.07) is -0.597. The van der Waals surface area contributed by atoms with Crippen LogP contribution in [0.15, 0.2) is 0 Å². The number of nitrogens with zero attached hydrogens (tertiary/aromatic N) is 1. The molecule has 5 N–H and O–H groups in total. The van der Waals surface area contributed by atoms with Crippen LogP contribution in [0, 0.1) is 5.92 Å². The van der Waals surface area contributed by atoms with Crippen molar-refractivity contribution in [1.82, 2.24) is 4.90 Å². The lowest BCUT2D eigenvalue weighted by Crippen LogP contribution is -2.44. The van der Waals surface area contributed by atoms with E-state index in [2.05, 4.69) is 0 Å². The minimum Gasteiger partial charge on any atom is -0.376 e. The summed E-state index contributed by atoms with van der Waals surface area (Å²) in [6.07, 6.45) is 0.645. The van der Waals surface area contributed by atoms with Gasteiger partial charge < -0.3 is 21.5 Å². The summed E-state index contributed by atoms with van der Waals surface area (Å²) < 4.78 is 0. The van der Waals surface area contributed by atoms with Crippen molar-refractivity contribution in [1.29, 1.82) is 0 Å². The number of rotatable bonds is 4. The lowest BCUT2D eigenvalue weighted by Gasteiger charge is -2.24. The van der Waals surface area contributed by atoms with E-state index in [0.29, 0.717) is 19.4 Å². The van der Waals surface area contributed by atoms with Crippen LogP contribution in [0.1, 0.15) is 26.7 Å². The van der Waals surface area contributed by atoms with E-state index in [9.17, 15) is 14.7 Å². The molecule has 2 amide bonds. The molecule has 1 aliphatic heterocycles. The van der Waals surface area contributed by atoms with Crippen molar-refractivity contribution >= 4 is 11.8 Å². The van der Waals surface area contributed by atoms with Crippen molar-refractivity contribution in [2.45, 2.75) is 38.5 Å². The zero-order chi connectivity index (χ0) is 12.5. The van der Waals surface area contributed by atoms with Gasteiger partial charge in [0.1, 0.15) is 11.8 Å². The topological polar surface area (TPSA) is 110 Å². The van der Waals surface area contributed by atoms with Crippen molar-refractivity contribution in [2.24, 2.45) is 17.4 Å². The first-order valence-electron chi connectivity index (χ1n) is 5.31. The molecule has 1 heterocycles. The predicted molar refractivity (Wildman–Crippen MR) is 57.9 cm³/mol. The highest BCUT2D eigenvalue weighted by molar-refractivity contribution is 5.87. The average molecular weight is 229 g/mol. The zero-order valence-corrected chi connectivity index (χ0v) is 9.64. The molecule has 6 heteroatoms. The monoisotopic (exact) mass is 229 g/mol. The highest BCUT2D eigenvalue weighted by Gasteiger charge is 2.36. The molecular weight excluding hydrogens is 210 g/mol. The number of nitrogens with two attached hydrogens (primary N) is 2. The smallest absolute Gasteiger partial charge is 0.239 e. The Hall–Kier alpha value is -1.14. The summed E-state index contributed by atoms with van der Waals surface area (Å²) in [7, 11) is 0.